The predicted molar refractivity (Wildman–Crippen MR) is 52.2 cm³/mol. The van der Waals surface area contributed by atoms with Crippen molar-refractivity contribution >= 4 is 31.2 Å². The zero-order chi connectivity index (χ0) is 8.85. The maximum atomic E-state index is 10.8. The summed E-state index contributed by atoms with van der Waals surface area (Å²) in [7, 11) is 0. The lowest BCUT2D eigenvalue weighted by molar-refractivity contribution is -0.140. The average Bonchev–Trinajstić information content (AvgIpc) is 1.87. The van der Waals surface area contributed by atoms with Crippen molar-refractivity contribution in [3.63, 3.8) is 0 Å². The topological polar surface area (TPSA) is 26.3 Å². The minimum Gasteiger partial charge on any atom is -0.448 e. The Kier molecular flexibility index (Phi) is 5.50. The molecule has 0 amide bonds. The van der Waals surface area contributed by atoms with Crippen LogP contribution in [0.2, 0.25) is 0 Å². The molecule has 0 rings (SSSR count). The van der Waals surface area contributed by atoms with E-state index < -0.39 is 5.97 Å². The highest BCUT2D eigenvalue weighted by Crippen LogP contribution is 2.06. The van der Waals surface area contributed by atoms with Crippen LogP contribution in [0.25, 0.3) is 0 Å². The molecule has 1 atom stereocenters. The highest BCUT2D eigenvalue weighted by atomic mass is 32.1. The van der Waals surface area contributed by atoms with Gasteiger partial charge in [0, 0.05) is 12.0 Å². The summed E-state index contributed by atoms with van der Waals surface area (Å²) in [5, 5.41) is 0. The number of ether oxygens (including phenoxy) is 1. The van der Waals surface area contributed by atoms with Gasteiger partial charge in [-0.3, -0.25) is 0 Å². The first-order chi connectivity index (χ1) is 5.07. The molecule has 0 bridgehead atoms. The first kappa shape index (κ1) is 10.9. The van der Waals surface area contributed by atoms with Crippen LogP contribution in [0.4, 0.5) is 0 Å². The van der Waals surface area contributed by atoms with Crippen LogP contribution < -0.4 is 0 Å². The van der Waals surface area contributed by atoms with Crippen molar-refractivity contribution in [1.82, 2.24) is 0 Å². The summed E-state index contributed by atoms with van der Waals surface area (Å²) in [6.45, 7) is 5.04. The van der Waals surface area contributed by atoms with E-state index in [1.54, 1.807) is 6.92 Å². The van der Waals surface area contributed by atoms with Crippen LogP contribution in [-0.2, 0) is 9.53 Å². The Morgan fingerprint density at radius 1 is 1.73 bits per heavy atom. The zero-order valence-corrected chi connectivity index (χ0v) is 8.20. The molecule has 0 spiro atoms. The van der Waals surface area contributed by atoms with E-state index in [-0.39, 0.29) is 5.44 Å². The van der Waals surface area contributed by atoms with Gasteiger partial charge in [0.2, 0.25) is 0 Å². The van der Waals surface area contributed by atoms with Crippen molar-refractivity contribution in [1.29, 1.82) is 0 Å². The van der Waals surface area contributed by atoms with Crippen LogP contribution in [0.5, 0.6) is 0 Å². The van der Waals surface area contributed by atoms with E-state index in [1.807, 2.05) is 0 Å². The number of carbonyl (C=O) groups excluding carboxylic acids is 1. The molecule has 0 fully saturated rings. The Morgan fingerprint density at radius 3 is 2.64 bits per heavy atom. The van der Waals surface area contributed by atoms with E-state index >= 15 is 0 Å². The molecule has 0 aromatic heterocycles. The maximum Gasteiger partial charge on any atom is 0.334 e. The molecule has 2 nitrogen and oxygen atoms in total. The summed E-state index contributed by atoms with van der Waals surface area (Å²) >= 11 is 7.98. The first-order valence-corrected chi connectivity index (χ1v) is 4.38. The summed E-state index contributed by atoms with van der Waals surface area (Å²) in [4.78, 5) is 10.8. The molecule has 64 valence electrons. The van der Waals surface area contributed by atoms with Crippen molar-refractivity contribution in [3.05, 3.63) is 12.2 Å². The van der Waals surface area contributed by atoms with Crippen LogP contribution in [0.15, 0.2) is 12.2 Å². The first-order valence-electron chi connectivity index (χ1n) is 3.23. The van der Waals surface area contributed by atoms with E-state index in [0.717, 1.165) is 0 Å². The second kappa shape index (κ2) is 5.55. The van der Waals surface area contributed by atoms with Crippen LogP contribution in [0.3, 0.4) is 0 Å². The smallest absolute Gasteiger partial charge is 0.334 e. The van der Waals surface area contributed by atoms with Gasteiger partial charge in [-0.1, -0.05) is 6.58 Å². The van der Waals surface area contributed by atoms with Crippen molar-refractivity contribution < 1.29 is 9.53 Å². The molecule has 0 aliphatic heterocycles. The Bertz CT molecular complexity index is 157. The fourth-order valence-electron chi connectivity index (χ4n) is 0.394. The second-order valence-electron chi connectivity index (χ2n) is 2.15. The predicted octanol–water partition coefficient (Wildman–Crippen LogP) is 1.68. The van der Waals surface area contributed by atoms with Crippen molar-refractivity contribution in [3.8, 4) is 0 Å². The van der Waals surface area contributed by atoms with E-state index in [9.17, 15) is 4.79 Å². The Labute approximate surface area is 77.8 Å². The van der Waals surface area contributed by atoms with Gasteiger partial charge in [-0.15, -0.1) is 12.6 Å². The quantitative estimate of drug-likeness (QED) is 0.307. The summed E-state index contributed by atoms with van der Waals surface area (Å²) in [6.07, 6.45) is 0.644. The van der Waals surface area contributed by atoms with Gasteiger partial charge in [-0.25, -0.2) is 4.79 Å². The molecule has 11 heavy (non-hydrogen) atoms. The highest BCUT2D eigenvalue weighted by molar-refractivity contribution is 7.81. The van der Waals surface area contributed by atoms with Gasteiger partial charge in [0.05, 0.1) is 0 Å². The Morgan fingerprint density at radius 2 is 2.27 bits per heavy atom. The number of esters is 1. The third-order valence-corrected chi connectivity index (χ3v) is 1.59. The van der Waals surface area contributed by atoms with E-state index in [1.165, 1.54) is 0 Å². The Hall–Kier alpha value is -0.0900. The second-order valence-corrected chi connectivity index (χ2v) is 3.18. The number of rotatable bonds is 4. The van der Waals surface area contributed by atoms with Crippen LogP contribution in [0, 0.1) is 0 Å². The summed E-state index contributed by atoms with van der Waals surface area (Å²) in [5.74, 6) is 0.254. The Balaban J connectivity index is 3.66. The monoisotopic (exact) mass is 192 g/mol. The lowest BCUT2D eigenvalue weighted by Crippen LogP contribution is -2.13. The lowest BCUT2D eigenvalue weighted by Gasteiger charge is -2.10. The third kappa shape index (κ3) is 5.21. The summed E-state index contributed by atoms with van der Waals surface area (Å²) < 4.78 is 4.83. The third-order valence-electron chi connectivity index (χ3n) is 0.968. The van der Waals surface area contributed by atoms with E-state index in [0.29, 0.717) is 17.7 Å². The molecule has 0 aliphatic rings. The maximum absolute atomic E-state index is 10.8. The van der Waals surface area contributed by atoms with Gasteiger partial charge in [0.25, 0.3) is 0 Å². The van der Waals surface area contributed by atoms with E-state index in [4.69, 9.17) is 4.74 Å². The lowest BCUT2D eigenvalue weighted by atomic mass is 10.4. The molecule has 0 aromatic carbocycles. The number of carbonyl (C=O) groups is 1. The molecule has 1 unspecified atom stereocenters. The van der Waals surface area contributed by atoms with Crippen LogP contribution in [-0.4, -0.2) is 17.2 Å². The van der Waals surface area contributed by atoms with Gasteiger partial charge >= 0.3 is 5.97 Å². The fourth-order valence-corrected chi connectivity index (χ4v) is 1.06. The van der Waals surface area contributed by atoms with E-state index in [2.05, 4.69) is 31.8 Å². The standard InChI is InChI=1S/C7H12O2S2/c1-5(2)7(8)9-6(11)3-4-10/h6,10-11H,1,3-4H2,2H3. The number of hydrogen-bond donors (Lipinski definition) is 2. The van der Waals surface area contributed by atoms with Gasteiger partial charge in [0.15, 0.2) is 0 Å². The van der Waals surface area contributed by atoms with Gasteiger partial charge < -0.3 is 4.74 Å². The highest BCUT2D eigenvalue weighted by Gasteiger charge is 2.08. The molecule has 0 saturated carbocycles. The molecule has 0 aliphatic carbocycles. The van der Waals surface area contributed by atoms with Crippen LogP contribution in [0.1, 0.15) is 13.3 Å². The van der Waals surface area contributed by atoms with Crippen LogP contribution >= 0.6 is 25.3 Å². The molecule has 0 saturated heterocycles. The van der Waals surface area contributed by atoms with Gasteiger partial charge in [-0.05, 0) is 12.7 Å². The molecular weight excluding hydrogens is 180 g/mol. The average molecular weight is 192 g/mol. The zero-order valence-electron chi connectivity index (χ0n) is 6.41. The molecule has 0 radical (unpaired) electrons. The van der Waals surface area contributed by atoms with Gasteiger partial charge in [0.1, 0.15) is 5.44 Å². The summed E-state index contributed by atoms with van der Waals surface area (Å²) in [5.41, 5.74) is 0.0277. The minimum absolute atomic E-state index is 0.364. The molecule has 0 heterocycles. The molecule has 0 aromatic rings. The number of thiol groups is 2. The van der Waals surface area contributed by atoms with Crippen molar-refractivity contribution in [2.45, 2.75) is 18.8 Å². The van der Waals surface area contributed by atoms with Crippen molar-refractivity contribution in [2.75, 3.05) is 5.75 Å². The summed E-state index contributed by atoms with van der Waals surface area (Å²) in [6, 6.07) is 0. The van der Waals surface area contributed by atoms with Crippen molar-refractivity contribution in [2.24, 2.45) is 0 Å². The normalized spacial score (nSPS) is 12.3. The van der Waals surface area contributed by atoms with Gasteiger partial charge in [-0.2, -0.15) is 12.6 Å². The molecule has 4 heteroatoms. The molecule has 0 N–H and O–H groups in total. The minimum atomic E-state index is -0.396. The molecular formula is C7H12O2S2. The SMILES string of the molecule is C=C(C)C(=O)OC(S)CCS. The number of hydrogen-bond acceptors (Lipinski definition) is 4. The fraction of sp³-hybridized carbons (Fsp3) is 0.571. The largest absolute Gasteiger partial charge is 0.448 e.